The summed E-state index contributed by atoms with van der Waals surface area (Å²) >= 11 is 0. The molecule has 0 radical (unpaired) electrons. The van der Waals surface area contributed by atoms with Crippen LogP contribution >= 0.6 is 0 Å². The zero-order valence-electron chi connectivity index (χ0n) is 9.10. The van der Waals surface area contributed by atoms with Gasteiger partial charge in [-0.15, -0.1) is 0 Å². The minimum Gasteiger partial charge on any atom is -0.424 e. The molecule has 1 saturated heterocycles. The Bertz CT molecular complexity index is 452. The lowest BCUT2D eigenvalue weighted by Crippen LogP contribution is -2.35. The largest absolute Gasteiger partial charge is 0.424 e. The number of esters is 1. The number of carbonyl (C=O) groups excluding carboxylic acids is 1. The second-order valence-electron chi connectivity index (χ2n) is 4.44. The van der Waals surface area contributed by atoms with Gasteiger partial charge >= 0.3 is 5.97 Å². The number of benzene rings is 1. The second-order valence-corrected chi connectivity index (χ2v) is 4.44. The van der Waals surface area contributed by atoms with Gasteiger partial charge in [0.05, 0.1) is 0 Å². The Balaban J connectivity index is 2.07. The van der Waals surface area contributed by atoms with Crippen molar-refractivity contribution in [1.82, 2.24) is 0 Å². The maximum absolute atomic E-state index is 11.7. The number of carbonyl (C=O) groups is 1. The third kappa shape index (κ3) is 1.34. The Hall–Kier alpha value is -1.39. The predicted molar refractivity (Wildman–Crippen MR) is 54.9 cm³/mol. The highest BCUT2D eigenvalue weighted by Crippen LogP contribution is 2.44. The molecule has 1 aromatic carbocycles. The molecular weight excluding hydrogens is 208 g/mol. The SMILES string of the molecule is CC1(C)O[C@@H]2c3ccccc3OC(=O)[C@@H]2O1. The number of fused-ring (bicyclic) bond motifs is 3. The molecule has 0 aliphatic carbocycles. The average Bonchev–Trinajstić information content (AvgIpc) is 2.55. The normalized spacial score (nSPS) is 30.5. The topological polar surface area (TPSA) is 44.8 Å². The minimum absolute atomic E-state index is 0.354. The van der Waals surface area contributed by atoms with Crippen LogP contribution in [0.15, 0.2) is 24.3 Å². The quantitative estimate of drug-likeness (QED) is 0.494. The van der Waals surface area contributed by atoms with Gasteiger partial charge < -0.3 is 14.2 Å². The molecule has 0 aromatic heterocycles. The third-order valence-electron chi connectivity index (χ3n) is 2.76. The fraction of sp³-hybridized carbons (Fsp3) is 0.417. The van der Waals surface area contributed by atoms with Crippen LogP contribution in [0.1, 0.15) is 25.5 Å². The highest BCUT2D eigenvalue weighted by molar-refractivity contribution is 5.81. The van der Waals surface area contributed by atoms with E-state index in [2.05, 4.69) is 0 Å². The highest BCUT2D eigenvalue weighted by atomic mass is 16.8. The number of rotatable bonds is 0. The zero-order chi connectivity index (χ0) is 11.3. The zero-order valence-corrected chi connectivity index (χ0v) is 9.10. The van der Waals surface area contributed by atoms with Gasteiger partial charge in [0.1, 0.15) is 11.9 Å². The van der Waals surface area contributed by atoms with Crippen molar-refractivity contribution in [3.8, 4) is 5.75 Å². The summed E-state index contributed by atoms with van der Waals surface area (Å²) in [6.07, 6.45) is -1.00. The predicted octanol–water partition coefficient (Wildman–Crippen LogP) is 1.80. The second kappa shape index (κ2) is 3.06. The lowest BCUT2D eigenvalue weighted by atomic mass is 10.0. The van der Waals surface area contributed by atoms with Crippen LogP contribution in [0.4, 0.5) is 0 Å². The van der Waals surface area contributed by atoms with Crippen molar-refractivity contribution in [3.63, 3.8) is 0 Å². The van der Waals surface area contributed by atoms with E-state index in [0.717, 1.165) is 5.56 Å². The van der Waals surface area contributed by atoms with Crippen LogP contribution < -0.4 is 4.74 Å². The van der Waals surface area contributed by atoms with Crippen molar-refractivity contribution in [2.24, 2.45) is 0 Å². The van der Waals surface area contributed by atoms with Crippen LogP contribution in [0.3, 0.4) is 0 Å². The molecule has 0 amide bonds. The summed E-state index contributed by atoms with van der Waals surface area (Å²) in [6, 6.07) is 7.37. The molecule has 2 heterocycles. The lowest BCUT2D eigenvalue weighted by molar-refractivity contribution is -0.162. The van der Waals surface area contributed by atoms with Crippen molar-refractivity contribution in [1.29, 1.82) is 0 Å². The molecule has 1 aromatic rings. The molecule has 0 bridgehead atoms. The molecule has 4 nitrogen and oxygen atoms in total. The molecule has 84 valence electrons. The molecular formula is C12H12O4. The van der Waals surface area contributed by atoms with Gasteiger partial charge in [0.25, 0.3) is 0 Å². The number of hydrogen-bond acceptors (Lipinski definition) is 4. The standard InChI is InChI=1S/C12H12O4/c1-12(2)15-9-7-5-3-4-6-8(7)14-11(13)10(9)16-12/h3-6,9-10H,1-2H3/t9-,10-/m1/s1. The van der Waals surface area contributed by atoms with Crippen LogP contribution in [0, 0.1) is 0 Å². The average molecular weight is 220 g/mol. The first-order chi connectivity index (χ1) is 7.57. The van der Waals surface area contributed by atoms with Crippen molar-refractivity contribution in [3.05, 3.63) is 29.8 Å². The molecule has 2 aliphatic rings. The summed E-state index contributed by atoms with van der Waals surface area (Å²) in [5.41, 5.74) is 0.873. The van der Waals surface area contributed by atoms with Crippen LogP contribution in [0.2, 0.25) is 0 Å². The molecule has 16 heavy (non-hydrogen) atoms. The van der Waals surface area contributed by atoms with Crippen molar-refractivity contribution < 1.29 is 19.0 Å². The first-order valence-corrected chi connectivity index (χ1v) is 5.23. The molecule has 0 saturated carbocycles. The Morgan fingerprint density at radius 2 is 1.81 bits per heavy atom. The molecule has 0 unspecified atom stereocenters. The minimum atomic E-state index is -0.744. The van der Waals surface area contributed by atoms with Crippen molar-refractivity contribution >= 4 is 5.97 Å². The van der Waals surface area contributed by atoms with E-state index >= 15 is 0 Å². The van der Waals surface area contributed by atoms with E-state index in [1.807, 2.05) is 18.2 Å². The van der Waals surface area contributed by atoms with Gasteiger partial charge in [0.2, 0.25) is 0 Å². The van der Waals surface area contributed by atoms with Gasteiger partial charge in [-0.3, -0.25) is 0 Å². The van der Waals surface area contributed by atoms with Crippen LogP contribution in [-0.2, 0) is 14.3 Å². The molecule has 2 atom stereocenters. The fourth-order valence-electron chi connectivity index (χ4n) is 2.14. The Kier molecular flexibility index (Phi) is 1.87. The van der Waals surface area contributed by atoms with E-state index in [-0.39, 0.29) is 12.1 Å². The maximum Gasteiger partial charge on any atom is 0.343 e. The third-order valence-corrected chi connectivity index (χ3v) is 2.76. The summed E-state index contributed by atoms with van der Waals surface area (Å²) in [4.78, 5) is 11.7. The monoisotopic (exact) mass is 220 g/mol. The van der Waals surface area contributed by atoms with Crippen LogP contribution in [0.5, 0.6) is 5.75 Å². The van der Waals surface area contributed by atoms with E-state index in [1.165, 1.54) is 0 Å². The molecule has 3 rings (SSSR count). The summed E-state index contributed by atoms with van der Waals surface area (Å²) in [5, 5.41) is 0. The number of para-hydroxylation sites is 1. The highest BCUT2D eigenvalue weighted by Gasteiger charge is 2.50. The van der Waals surface area contributed by atoms with E-state index in [9.17, 15) is 4.79 Å². The van der Waals surface area contributed by atoms with E-state index in [0.29, 0.717) is 5.75 Å². The summed E-state index contributed by atoms with van der Waals surface area (Å²) in [6.45, 7) is 3.59. The van der Waals surface area contributed by atoms with Crippen LogP contribution in [0.25, 0.3) is 0 Å². The summed E-state index contributed by atoms with van der Waals surface area (Å²) in [5.74, 6) is -0.560. The summed E-state index contributed by atoms with van der Waals surface area (Å²) < 4.78 is 16.4. The molecule has 0 N–H and O–H groups in total. The lowest BCUT2D eigenvalue weighted by Gasteiger charge is -2.23. The fourth-order valence-corrected chi connectivity index (χ4v) is 2.14. The Morgan fingerprint density at radius 3 is 2.62 bits per heavy atom. The van der Waals surface area contributed by atoms with E-state index < -0.39 is 11.9 Å². The molecule has 2 aliphatic heterocycles. The van der Waals surface area contributed by atoms with Gasteiger partial charge in [-0.1, -0.05) is 18.2 Å². The van der Waals surface area contributed by atoms with E-state index in [1.54, 1.807) is 19.9 Å². The number of hydrogen-bond donors (Lipinski definition) is 0. The Morgan fingerprint density at radius 1 is 1.12 bits per heavy atom. The van der Waals surface area contributed by atoms with Gasteiger partial charge in [-0.05, 0) is 19.9 Å². The van der Waals surface area contributed by atoms with Crippen molar-refractivity contribution in [2.75, 3.05) is 0 Å². The number of ether oxygens (including phenoxy) is 3. The Labute approximate surface area is 93.1 Å². The van der Waals surface area contributed by atoms with Gasteiger partial charge in [0.15, 0.2) is 11.9 Å². The van der Waals surface area contributed by atoms with Gasteiger partial charge in [0, 0.05) is 5.56 Å². The first kappa shape index (κ1) is 9.81. The molecule has 1 fully saturated rings. The maximum atomic E-state index is 11.7. The molecule has 4 heteroatoms. The van der Waals surface area contributed by atoms with Crippen LogP contribution in [-0.4, -0.2) is 17.9 Å². The van der Waals surface area contributed by atoms with E-state index in [4.69, 9.17) is 14.2 Å². The smallest absolute Gasteiger partial charge is 0.343 e. The van der Waals surface area contributed by atoms with Gasteiger partial charge in [-0.2, -0.15) is 0 Å². The van der Waals surface area contributed by atoms with Crippen molar-refractivity contribution in [2.45, 2.75) is 31.8 Å². The molecule has 0 spiro atoms. The van der Waals surface area contributed by atoms with Gasteiger partial charge in [-0.25, -0.2) is 4.79 Å². The summed E-state index contributed by atoms with van der Waals surface area (Å²) in [7, 11) is 0. The first-order valence-electron chi connectivity index (χ1n) is 5.23.